The molecule has 8 nitrogen and oxygen atoms in total. The van der Waals surface area contributed by atoms with Gasteiger partial charge < -0.3 is 20.1 Å². The van der Waals surface area contributed by atoms with Gasteiger partial charge in [0.15, 0.2) is 0 Å². The van der Waals surface area contributed by atoms with Crippen LogP contribution in [-0.4, -0.2) is 55.6 Å². The molecule has 1 aromatic carbocycles. The molecule has 9 heteroatoms. The van der Waals surface area contributed by atoms with E-state index in [2.05, 4.69) is 4.72 Å². The van der Waals surface area contributed by atoms with Crippen molar-refractivity contribution >= 4 is 16.0 Å². The highest BCUT2D eigenvalue weighted by atomic mass is 32.2. The number of methoxy groups -OCH3 is 1. The number of carboxylic acids is 1. The molecule has 0 saturated carbocycles. The zero-order chi connectivity index (χ0) is 16.3. The van der Waals surface area contributed by atoms with Crippen LogP contribution in [0.4, 0.5) is 0 Å². The summed E-state index contributed by atoms with van der Waals surface area (Å²) in [6.45, 7) is 0.0964. The number of ether oxygens (including phenoxy) is 1. The Balaban J connectivity index is 3.29. The van der Waals surface area contributed by atoms with Gasteiger partial charge in [-0.25, -0.2) is 17.9 Å². The number of aromatic carboxylic acids is 1. The van der Waals surface area contributed by atoms with Crippen LogP contribution in [-0.2, 0) is 10.0 Å². The van der Waals surface area contributed by atoms with Crippen LogP contribution in [0.25, 0.3) is 0 Å². The predicted octanol–water partition coefficient (Wildman–Crippen LogP) is -0.585. The van der Waals surface area contributed by atoms with Crippen molar-refractivity contribution in [3.8, 4) is 5.75 Å². The molecule has 0 aromatic heterocycles. The van der Waals surface area contributed by atoms with Crippen molar-refractivity contribution < 1.29 is 33.3 Å². The summed E-state index contributed by atoms with van der Waals surface area (Å²) in [7, 11) is -2.91. The molecule has 4 N–H and O–H groups in total. The Morgan fingerprint density at radius 1 is 1.33 bits per heavy atom. The molecule has 118 valence electrons. The van der Waals surface area contributed by atoms with Crippen LogP contribution in [0.1, 0.15) is 17.3 Å². The number of hydrogen-bond acceptors (Lipinski definition) is 6. The van der Waals surface area contributed by atoms with Gasteiger partial charge in [-0.3, -0.25) is 0 Å². The van der Waals surface area contributed by atoms with Crippen LogP contribution in [0, 0.1) is 0 Å². The Bertz CT molecular complexity index is 622. The Morgan fingerprint density at radius 3 is 2.33 bits per heavy atom. The highest BCUT2D eigenvalue weighted by molar-refractivity contribution is 7.89. The maximum atomic E-state index is 12.3. The molecule has 0 unspecified atom stereocenters. The number of hydrogen-bond donors (Lipinski definition) is 4. The van der Waals surface area contributed by atoms with Crippen molar-refractivity contribution in [1.29, 1.82) is 0 Å². The van der Waals surface area contributed by atoms with E-state index >= 15 is 0 Å². The molecule has 1 aromatic rings. The minimum atomic E-state index is -4.12. The zero-order valence-electron chi connectivity index (χ0n) is 11.5. The zero-order valence-corrected chi connectivity index (χ0v) is 12.3. The van der Waals surface area contributed by atoms with E-state index in [4.69, 9.17) is 20.1 Å². The summed E-state index contributed by atoms with van der Waals surface area (Å²) in [6, 6.07) is 3.28. The average molecular weight is 319 g/mol. The molecule has 0 atom stereocenters. The van der Waals surface area contributed by atoms with Crippen LogP contribution in [0.2, 0.25) is 0 Å². The number of aliphatic hydroxyl groups excluding tert-OH is 2. The maximum absolute atomic E-state index is 12.3. The Labute approximate surface area is 122 Å². The molecule has 0 fully saturated rings. The van der Waals surface area contributed by atoms with E-state index in [1.54, 1.807) is 0 Å². The SMILES string of the molecule is COc1cc(C(=O)O)ccc1S(=O)(=O)NC(C)(CO)CO. The Morgan fingerprint density at radius 2 is 1.90 bits per heavy atom. The van der Waals surface area contributed by atoms with E-state index in [0.717, 1.165) is 18.2 Å². The highest BCUT2D eigenvalue weighted by Crippen LogP contribution is 2.26. The van der Waals surface area contributed by atoms with Gasteiger partial charge in [0.1, 0.15) is 10.6 Å². The highest BCUT2D eigenvalue weighted by Gasteiger charge is 2.31. The van der Waals surface area contributed by atoms with Crippen molar-refractivity contribution in [2.45, 2.75) is 17.4 Å². The fourth-order valence-electron chi connectivity index (χ4n) is 1.52. The number of benzene rings is 1. The maximum Gasteiger partial charge on any atom is 0.335 e. The topological polar surface area (TPSA) is 133 Å². The first kappa shape index (κ1) is 17.4. The summed E-state index contributed by atoms with van der Waals surface area (Å²) >= 11 is 0. The first-order valence-electron chi connectivity index (χ1n) is 5.86. The standard InChI is InChI=1S/C12H17NO7S/c1-12(6-14,7-15)13-21(18,19)10-4-3-8(11(16)17)5-9(10)20-2/h3-5,13-15H,6-7H2,1-2H3,(H,16,17). The van der Waals surface area contributed by atoms with Crippen molar-refractivity contribution in [2.24, 2.45) is 0 Å². The second-order valence-electron chi connectivity index (χ2n) is 4.65. The van der Waals surface area contributed by atoms with Crippen molar-refractivity contribution in [3.05, 3.63) is 23.8 Å². The quantitative estimate of drug-likeness (QED) is 0.528. The molecule has 0 bridgehead atoms. The smallest absolute Gasteiger partial charge is 0.335 e. The summed E-state index contributed by atoms with van der Waals surface area (Å²) in [5, 5.41) is 27.2. The molecular weight excluding hydrogens is 302 g/mol. The van der Waals surface area contributed by atoms with Crippen LogP contribution >= 0.6 is 0 Å². The van der Waals surface area contributed by atoms with Crippen molar-refractivity contribution in [2.75, 3.05) is 20.3 Å². The minimum Gasteiger partial charge on any atom is -0.495 e. The lowest BCUT2D eigenvalue weighted by atomic mass is 10.1. The van der Waals surface area contributed by atoms with Crippen LogP contribution < -0.4 is 9.46 Å². The summed E-state index contributed by atoms with van der Waals surface area (Å²) < 4.78 is 31.6. The fourth-order valence-corrected chi connectivity index (χ4v) is 3.06. The van der Waals surface area contributed by atoms with Crippen LogP contribution in [0.5, 0.6) is 5.75 Å². The third-order valence-corrected chi connectivity index (χ3v) is 4.46. The van der Waals surface area contributed by atoms with E-state index < -0.39 is 34.7 Å². The molecule has 0 aliphatic heterocycles. The van der Waals surface area contributed by atoms with Gasteiger partial charge >= 0.3 is 5.97 Å². The summed E-state index contributed by atoms with van der Waals surface area (Å²) in [6.07, 6.45) is 0. The van der Waals surface area contributed by atoms with E-state index in [0.29, 0.717) is 0 Å². The normalized spacial score (nSPS) is 12.2. The molecule has 21 heavy (non-hydrogen) atoms. The lowest BCUT2D eigenvalue weighted by Gasteiger charge is -2.26. The van der Waals surface area contributed by atoms with E-state index in [1.165, 1.54) is 14.0 Å². The lowest BCUT2D eigenvalue weighted by molar-refractivity contribution is 0.0696. The van der Waals surface area contributed by atoms with Crippen LogP contribution in [0.15, 0.2) is 23.1 Å². The van der Waals surface area contributed by atoms with Gasteiger partial charge in [-0.2, -0.15) is 0 Å². The summed E-state index contributed by atoms with van der Waals surface area (Å²) in [4.78, 5) is 10.6. The third kappa shape index (κ3) is 3.91. The summed E-state index contributed by atoms with van der Waals surface area (Å²) in [5.74, 6) is -1.37. The molecule has 0 heterocycles. The molecule has 1 rings (SSSR count). The number of rotatable bonds is 7. The number of carbonyl (C=O) groups is 1. The summed E-state index contributed by atoms with van der Waals surface area (Å²) in [5.41, 5.74) is -1.58. The van der Waals surface area contributed by atoms with Gasteiger partial charge in [0.2, 0.25) is 10.0 Å². The Hall–Kier alpha value is -1.68. The predicted molar refractivity (Wildman–Crippen MR) is 72.9 cm³/mol. The van der Waals surface area contributed by atoms with Gasteiger partial charge in [-0.15, -0.1) is 0 Å². The first-order chi connectivity index (χ1) is 9.69. The van der Waals surface area contributed by atoms with Gasteiger partial charge in [0.05, 0.1) is 31.4 Å². The number of sulfonamides is 1. The lowest BCUT2D eigenvalue weighted by Crippen LogP contribution is -2.51. The molecule has 0 aliphatic carbocycles. The molecule has 0 spiro atoms. The van der Waals surface area contributed by atoms with Gasteiger partial charge in [0, 0.05) is 0 Å². The number of aliphatic hydroxyl groups is 2. The monoisotopic (exact) mass is 319 g/mol. The van der Waals surface area contributed by atoms with Gasteiger partial charge in [-0.05, 0) is 25.1 Å². The molecule has 0 saturated heterocycles. The van der Waals surface area contributed by atoms with Gasteiger partial charge in [0.25, 0.3) is 0 Å². The average Bonchev–Trinajstić information content (AvgIpc) is 2.45. The number of carboxylic acid groups (broad SMARTS) is 1. The van der Waals surface area contributed by atoms with Crippen molar-refractivity contribution in [3.63, 3.8) is 0 Å². The van der Waals surface area contributed by atoms with E-state index in [-0.39, 0.29) is 16.2 Å². The Kier molecular flexibility index (Phi) is 5.29. The van der Waals surface area contributed by atoms with E-state index in [9.17, 15) is 13.2 Å². The van der Waals surface area contributed by atoms with Crippen molar-refractivity contribution in [1.82, 2.24) is 4.72 Å². The first-order valence-corrected chi connectivity index (χ1v) is 7.34. The molecule has 0 aliphatic rings. The second-order valence-corrected chi connectivity index (χ2v) is 6.30. The largest absolute Gasteiger partial charge is 0.495 e. The third-order valence-electron chi connectivity index (χ3n) is 2.78. The molecule has 0 amide bonds. The minimum absolute atomic E-state index is 0.127. The fraction of sp³-hybridized carbons (Fsp3) is 0.417. The van der Waals surface area contributed by atoms with Gasteiger partial charge in [-0.1, -0.05) is 0 Å². The molecule has 0 radical (unpaired) electrons. The second kappa shape index (κ2) is 6.39. The molecular formula is C12H17NO7S. The van der Waals surface area contributed by atoms with E-state index in [1.807, 2.05) is 0 Å². The van der Waals surface area contributed by atoms with Crippen LogP contribution in [0.3, 0.4) is 0 Å². The number of nitrogens with one attached hydrogen (secondary N) is 1.